The van der Waals surface area contributed by atoms with Crippen LogP contribution in [-0.4, -0.2) is 24.1 Å². The molecule has 1 amide bonds. The first-order chi connectivity index (χ1) is 10.3. The Morgan fingerprint density at radius 2 is 2.23 bits per heavy atom. The van der Waals surface area contributed by atoms with Gasteiger partial charge in [-0.1, -0.05) is 6.92 Å². The van der Waals surface area contributed by atoms with Crippen molar-refractivity contribution in [3.8, 4) is 5.75 Å². The van der Waals surface area contributed by atoms with E-state index in [1.54, 1.807) is 0 Å². The molecule has 0 saturated carbocycles. The van der Waals surface area contributed by atoms with Gasteiger partial charge in [-0.25, -0.2) is 5.84 Å². The molecule has 0 bridgehead atoms. The number of fused-ring (bicyclic) bond motifs is 1. The summed E-state index contributed by atoms with van der Waals surface area (Å²) in [6.45, 7) is 11.1. The fraction of sp³-hybridized carbons (Fsp3) is 0.588. The average Bonchev–Trinajstić information content (AvgIpc) is 2.46. The fourth-order valence-corrected chi connectivity index (χ4v) is 3.66. The number of nitrogens with one attached hydrogen (secondary N) is 1. The maximum absolute atomic E-state index is 12.1. The molecule has 2 rings (SSSR count). The Kier molecular flexibility index (Phi) is 4.66. The van der Waals surface area contributed by atoms with Crippen LogP contribution in [0, 0.1) is 0 Å². The summed E-state index contributed by atoms with van der Waals surface area (Å²) < 4.78 is 5.62. The van der Waals surface area contributed by atoms with Crippen LogP contribution in [0.15, 0.2) is 18.2 Å². The second-order valence-electron chi connectivity index (χ2n) is 6.63. The molecule has 0 radical (unpaired) electrons. The average molecular weight is 305 g/mol. The second-order valence-corrected chi connectivity index (χ2v) is 6.63. The highest BCUT2D eigenvalue weighted by molar-refractivity contribution is 5.85. The molecule has 5 nitrogen and oxygen atoms in total. The Balaban J connectivity index is 2.50. The number of carbonyl (C=O) groups excluding carboxylic acids is 1. The van der Waals surface area contributed by atoms with Crippen LogP contribution in [0.25, 0.3) is 0 Å². The van der Waals surface area contributed by atoms with E-state index >= 15 is 0 Å². The van der Waals surface area contributed by atoms with Gasteiger partial charge < -0.3 is 9.64 Å². The number of benzene rings is 1. The number of nitrogens with zero attached hydrogens (tertiary/aromatic N) is 1. The summed E-state index contributed by atoms with van der Waals surface area (Å²) in [5, 5.41) is 0. The van der Waals surface area contributed by atoms with Crippen molar-refractivity contribution in [2.75, 3.05) is 11.5 Å². The van der Waals surface area contributed by atoms with Crippen LogP contribution in [0.1, 0.15) is 52.5 Å². The minimum atomic E-state index is -0.329. The zero-order valence-electron chi connectivity index (χ0n) is 14.1. The summed E-state index contributed by atoms with van der Waals surface area (Å²) in [4.78, 5) is 14.2. The van der Waals surface area contributed by atoms with Crippen molar-refractivity contribution in [1.82, 2.24) is 5.43 Å². The quantitative estimate of drug-likeness (QED) is 0.510. The third-order valence-corrected chi connectivity index (χ3v) is 4.47. The minimum absolute atomic E-state index is 0.120. The number of hydrogen-bond acceptors (Lipinski definition) is 4. The van der Waals surface area contributed by atoms with Crippen molar-refractivity contribution in [3.63, 3.8) is 0 Å². The normalized spacial score (nSPS) is 21.0. The first-order valence-corrected chi connectivity index (χ1v) is 7.88. The SMILES string of the molecule is CCOc1ccc2c(c1)[C@H](C)CC(C)(C)N2[C@@H](C)C(=O)NN. The lowest BCUT2D eigenvalue weighted by Gasteiger charge is -2.49. The third-order valence-electron chi connectivity index (χ3n) is 4.47. The molecule has 0 aliphatic carbocycles. The van der Waals surface area contributed by atoms with Crippen molar-refractivity contribution < 1.29 is 9.53 Å². The van der Waals surface area contributed by atoms with Gasteiger partial charge in [0.25, 0.3) is 5.91 Å². The molecule has 1 aliphatic heterocycles. The van der Waals surface area contributed by atoms with E-state index in [4.69, 9.17) is 10.6 Å². The largest absolute Gasteiger partial charge is 0.494 e. The summed E-state index contributed by atoms with van der Waals surface area (Å²) in [5.41, 5.74) is 4.46. The van der Waals surface area contributed by atoms with E-state index in [-0.39, 0.29) is 17.5 Å². The Morgan fingerprint density at radius 3 is 2.82 bits per heavy atom. The maximum Gasteiger partial charge on any atom is 0.256 e. The molecule has 22 heavy (non-hydrogen) atoms. The fourth-order valence-electron chi connectivity index (χ4n) is 3.66. The zero-order valence-corrected chi connectivity index (χ0v) is 14.1. The molecule has 122 valence electrons. The standard InChI is InChI=1S/C17H27N3O2/c1-6-22-13-7-8-15-14(9-13)11(2)10-17(4,5)20(15)12(3)16(21)19-18/h7-9,11-12H,6,10,18H2,1-5H3,(H,19,21)/t11-,12+/m1/s1. The van der Waals surface area contributed by atoms with Crippen LogP contribution in [0.5, 0.6) is 5.75 Å². The zero-order chi connectivity index (χ0) is 16.5. The van der Waals surface area contributed by atoms with Gasteiger partial charge >= 0.3 is 0 Å². The molecule has 0 saturated heterocycles. The summed E-state index contributed by atoms with van der Waals surface area (Å²) in [6, 6.07) is 5.79. The lowest BCUT2D eigenvalue weighted by atomic mass is 9.79. The monoisotopic (exact) mass is 305 g/mol. The van der Waals surface area contributed by atoms with Gasteiger partial charge in [0.15, 0.2) is 0 Å². The van der Waals surface area contributed by atoms with Crippen LogP contribution in [-0.2, 0) is 4.79 Å². The molecule has 1 aromatic rings. The summed E-state index contributed by atoms with van der Waals surface area (Å²) >= 11 is 0. The van der Waals surface area contributed by atoms with Gasteiger partial charge in [0.2, 0.25) is 0 Å². The van der Waals surface area contributed by atoms with Crippen molar-refractivity contribution in [2.45, 2.75) is 58.5 Å². The molecule has 0 spiro atoms. The van der Waals surface area contributed by atoms with Gasteiger partial charge in [-0.15, -0.1) is 0 Å². The number of hydrogen-bond donors (Lipinski definition) is 2. The number of rotatable bonds is 4. The molecule has 0 aromatic heterocycles. The van der Waals surface area contributed by atoms with Crippen LogP contribution in [0.2, 0.25) is 0 Å². The first kappa shape index (κ1) is 16.6. The second kappa shape index (κ2) is 6.16. The molecule has 1 heterocycles. The Morgan fingerprint density at radius 1 is 1.55 bits per heavy atom. The van der Waals surface area contributed by atoms with Crippen LogP contribution >= 0.6 is 0 Å². The van der Waals surface area contributed by atoms with Crippen LogP contribution in [0.4, 0.5) is 5.69 Å². The molecule has 2 atom stereocenters. The summed E-state index contributed by atoms with van der Waals surface area (Å²) in [7, 11) is 0. The van der Waals surface area contributed by atoms with Crippen molar-refractivity contribution in [3.05, 3.63) is 23.8 Å². The number of ether oxygens (including phenoxy) is 1. The van der Waals surface area contributed by atoms with E-state index in [0.29, 0.717) is 12.5 Å². The molecular formula is C17H27N3O2. The molecule has 5 heteroatoms. The van der Waals surface area contributed by atoms with Gasteiger partial charge in [-0.2, -0.15) is 0 Å². The highest BCUT2D eigenvalue weighted by Crippen LogP contribution is 2.45. The molecule has 0 unspecified atom stereocenters. The van der Waals surface area contributed by atoms with Crippen LogP contribution < -0.4 is 20.9 Å². The summed E-state index contributed by atoms with van der Waals surface area (Å²) in [6.07, 6.45) is 0.970. The number of hydrazine groups is 1. The van der Waals surface area contributed by atoms with E-state index < -0.39 is 0 Å². The Hall–Kier alpha value is -1.75. The molecule has 0 fully saturated rings. The van der Waals surface area contributed by atoms with Gasteiger partial charge in [-0.3, -0.25) is 10.2 Å². The number of anilines is 1. The predicted octanol–water partition coefficient (Wildman–Crippen LogP) is 2.56. The van der Waals surface area contributed by atoms with E-state index in [1.165, 1.54) is 5.56 Å². The maximum atomic E-state index is 12.1. The van der Waals surface area contributed by atoms with Crippen molar-refractivity contribution >= 4 is 11.6 Å². The van der Waals surface area contributed by atoms with E-state index in [0.717, 1.165) is 17.9 Å². The Bertz CT molecular complexity index is 557. The van der Waals surface area contributed by atoms with Gasteiger partial charge in [0.05, 0.1) is 6.61 Å². The highest BCUT2D eigenvalue weighted by Gasteiger charge is 2.40. The molecule has 1 aliphatic rings. The van der Waals surface area contributed by atoms with Gasteiger partial charge in [0, 0.05) is 11.2 Å². The molecule has 1 aromatic carbocycles. The topological polar surface area (TPSA) is 67.6 Å². The highest BCUT2D eigenvalue weighted by atomic mass is 16.5. The van der Waals surface area contributed by atoms with Gasteiger partial charge in [-0.05, 0) is 63.8 Å². The van der Waals surface area contributed by atoms with Crippen LogP contribution in [0.3, 0.4) is 0 Å². The van der Waals surface area contributed by atoms with Crippen molar-refractivity contribution in [2.24, 2.45) is 5.84 Å². The lowest BCUT2D eigenvalue weighted by molar-refractivity contribution is -0.122. The lowest BCUT2D eigenvalue weighted by Crippen LogP contribution is -2.58. The number of nitrogens with two attached hydrogens (primary N) is 1. The molecule has 3 N–H and O–H groups in total. The van der Waals surface area contributed by atoms with Crippen molar-refractivity contribution in [1.29, 1.82) is 0 Å². The summed E-state index contributed by atoms with van der Waals surface area (Å²) in [5.74, 6) is 6.44. The number of amides is 1. The van der Waals surface area contributed by atoms with Gasteiger partial charge in [0.1, 0.15) is 11.8 Å². The van der Waals surface area contributed by atoms with E-state index in [9.17, 15) is 4.79 Å². The minimum Gasteiger partial charge on any atom is -0.494 e. The molecular weight excluding hydrogens is 278 g/mol. The Labute approximate surface area is 132 Å². The predicted molar refractivity (Wildman–Crippen MR) is 89.0 cm³/mol. The first-order valence-electron chi connectivity index (χ1n) is 7.88. The number of carbonyl (C=O) groups is 1. The third kappa shape index (κ3) is 2.90. The smallest absolute Gasteiger partial charge is 0.256 e. The van der Waals surface area contributed by atoms with E-state index in [1.807, 2.05) is 19.9 Å². The van der Waals surface area contributed by atoms with E-state index in [2.05, 4.69) is 43.2 Å².